The van der Waals surface area contributed by atoms with Gasteiger partial charge in [0.15, 0.2) is 0 Å². The fourth-order valence-corrected chi connectivity index (χ4v) is 3.81. The minimum atomic E-state index is -0.289. The Kier molecular flexibility index (Phi) is 4.13. The van der Waals surface area contributed by atoms with Crippen molar-refractivity contribution in [3.8, 4) is 11.1 Å². The molecule has 2 aliphatic rings. The molecule has 0 aromatic heterocycles. The summed E-state index contributed by atoms with van der Waals surface area (Å²) in [6, 6.07) is 17.3. The lowest BCUT2D eigenvalue weighted by molar-refractivity contribution is 0.00578. The van der Waals surface area contributed by atoms with Gasteiger partial charge in [0, 0.05) is 5.82 Å². The fraction of sp³-hybridized carbons (Fsp3) is 0.391. The van der Waals surface area contributed by atoms with Gasteiger partial charge >= 0.3 is 7.12 Å². The maximum absolute atomic E-state index is 6.31. The minimum absolute atomic E-state index is 0.201. The van der Waals surface area contributed by atoms with Crippen LogP contribution in [0, 0.1) is 5.92 Å². The third-order valence-electron chi connectivity index (χ3n) is 6.20. The van der Waals surface area contributed by atoms with Crippen molar-refractivity contribution in [2.24, 2.45) is 5.92 Å². The summed E-state index contributed by atoms with van der Waals surface area (Å²) in [7, 11) is -0.201. The lowest BCUT2D eigenvalue weighted by atomic mass is 9.63. The van der Waals surface area contributed by atoms with Crippen LogP contribution in [-0.4, -0.2) is 18.3 Å². The third kappa shape index (κ3) is 2.93. The van der Waals surface area contributed by atoms with Gasteiger partial charge in [0.2, 0.25) is 0 Å². The Labute approximate surface area is 156 Å². The van der Waals surface area contributed by atoms with Gasteiger partial charge in [-0.15, -0.1) is 0 Å². The Bertz CT molecular complexity index is 914. The van der Waals surface area contributed by atoms with Gasteiger partial charge < -0.3 is 9.31 Å². The van der Waals surface area contributed by atoms with Crippen LogP contribution in [0.3, 0.4) is 0 Å². The van der Waals surface area contributed by atoms with Crippen molar-refractivity contribution < 1.29 is 9.31 Å². The number of hydrogen-bond acceptors (Lipinski definition) is 2. The lowest BCUT2D eigenvalue weighted by Gasteiger charge is -2.32. The van der Waals surface area contributed by atoms with Crippen molar-refractivity contribution in [3.05, 3.63) is 59.0 Å². The second-order valence-corrected chi connectivity index (χ2v) is 8.60. The van der Waals surface area contributed by atoms with E-state index in [-0.39, 0.29) is 24.1 Å². The molecule has 0 saturated carbocycles. The molecule has 134 valence electrons. The van der Waals surface area contributed by atoms with E-state index in [1.807, 2.05) is 0 Å². The zero-order valence-corrected chi connectivity index (χ0v) is 16.3. The molecule has 0 amide bonds. The Morgan fingerprint density at radius 2 is 1.42 bits per heavy atom. The summed E-state index contributed by atoms with van der Waals surface area (Å²) in [5.41, 5.74) is 1.94. The van der Waals surface area contributed by atoms with Crippen LogP contribution in [0.25, 0.3) is 23.3 Å². The smallest absolute Gasteiger partial charge is 0.403 e. The average Bonchev–Trinajstić information content (AvgIpc) is 2.82. The third-order valence-corrected chi connectivity index (χ3v) is 6.20. The van der Waals surface area contributed by atoms with E-state index < -0.39 is 0 Å². The monoisotopic (exact) mass is 346 g/mol. The Morgan fingerprint density at radius 3 is 2.08 bits per heavy atom. The van der Waals surface area contributed by atoms with E-state index in [0.29, 0.717) is 5.92 Å². The lowest BCUT2D eigenvalue weighted by Crippen LogP contribution is -2.41. The maximum atomic E-state index is 6.31. The molecule has 0 N–H and O–H groups in total. The predicted molar refractivity (Wildman–Crippen MR) is 109 cm³/mol. The molecule has 1 heterocycles. The molecular formula is C23H27BO2. The first-order chi connectivity index (χ1) is 12.3. The van der Waals surface area contributed by atoms with Gasteiger partial charge in [-0.1, -0.05) is 61.5 Å². The summed E-state index contributed by atoms with van der Waals surface area (Å²) in [5.74, 6) is 0.592. The van der Waals surface area contributed by atoms with Crippen LogP contribution in [0.1, 0.15) is 34.6 Å². The zero-order chi connectivity index (χ0) is 18.5. The molecule has 2 unspecified atom stereocenters. The molecule has 0 spiro atoms. The van der Waals surface area contributed by atoms with E-state index in [1.165, 1.54) is 21.6 Å². The van der Waals surface area contributed by atoms with E-state index >= 15 is 0 Å². The molecule has 2 nitrogen and oxygen atoms in total. The molecular weight excluding hydrogens is 319 g/mol. The maximum Gasteiger partial charge on any atom is 0.465 e. The number of benzene rings is 2. The highest BCUT2D eigenvalue weighted by Gasteiger charge is 2.54. The van der Waals surface area contributed by atoms with Gasteiger partial charge in [-0.3, -0.25) is 0 Å². The van der Waals surface area contributed by atoms with Crippen LogP contribution in [-0.2, 0) is 9.31 Å². The van der Waals surface area contributed by atoms with E-state index in [4.69, 9.17) is 9.31 Å². The first-order valence-electron chi connectivity index (χ1n) is 9.52. The van der Waals surface area contributed by atoms with E-state index in [2.05, 4.69) is 95.3 Å². The molecule has 1 fully saturated rings. The first kappa shape index (κ1) is 17.6. The SMILES string of the molecule is CC1C=c2cc(-c3ccccc3)ccc2=CC1B1OC(C)(C)C(C)(C)O1. The summed E-state index contributed by atoms with van der Waals surface area (Å²) in [6.07, 6.45) is 4.69. The average molecular weight is 346 g/mol. The normalized spacial score (nSPS) is 26.0. The van der Waals surface area contributed by atoms with Crippen molar-refractivity contribution in [1.29, 1.82) is 0 Å². The van der Waals surface area contributed by atoms with Gasteiger partial charge in [0.25, 0.3) is 0 Å². The zero-order valence-electron chi connectivity index (χ0n) is 16.3. The van der Waals surface area contributed by atoms with Gasteiger partial charge in [0.05, 0.1) is 11.2 Å². The molecule has 1 aliphatic heterocycles. The molecule has 0 radical (unpaired) electrons. The Balaban J connectivity index is 1.69. The fourth-order valence-electron chi connectivity index (χ4n) is 3.81. The van der Waals surface area contributed by atoms with E-state index in [0.717, 1.165) is 0 Å². The second-order valence-electron chi connectivity index (χ2n) is 8.60. The van der Waals surface area contributed by atoms with Crippen molar-refractivity contribution in [2.45, 2.75) is 51.6 Å². The molecule has 2 atom stereocenters. The summed E-state index contributed by atoms with van der Waals surface area (Å²) >= 11 is 0. The molecule has 2 aromatic rings. The van der Waals surface area contributed by atoms with Crippen molar-refractivity contribution in [2.75, 3.05) is 0 Å². The summed E-state index contributed by atoms with van der Waals surface area (Å²) < 4.78 is 12.6. The van der Waals surface area contributed by atoms with Crippen LogP contribution >= 0.6 is 0 Å². The molecule has 4 rings (SSSR count). The van der Waals surface area contributed by atoms with Gasteiger partial charge in [-0.05, 0) is 61.2 Å². The highest BCUT2D eigenvalue weighted by Crippen LogP contribution is 2.42. The molecule has 0 bridgehead atoms. The predicted octanol–water partition coefficient (Wildman–Crippen LogP) is 4.03. The number of rotatable bonds is 2. The summed E-state index contributed by atoms with van der Waals surface area (Å²) in [4.78, 5) is 0. The Morgan fingerprint density at radius 1 is 0.769 bits per heavy atom. The second kappa shape index (κ2) is 6.11. The van der Waals surface area contributed by atoms with Crippen LogP contribution < -0.4 is 10.4 Å². The summed E-state index contributed by atoms with van der Waals surface area (Å²) in [5, 5.41) is 2.56. The van der Waals surface area contributed by atoms with Crippen LogP contribution in [0.15, 0.2) is 48.5 Å². The minimum Gasteiger partial charge on any atom is -0.403 e. The molecule has 1 aliphatic carbocycles. The molecule has 2 aromatic carbocycles. The molecule has 26 heavy (non-hydrogen) atoms. The number of hydrogen-bond donors (Lipinski definition) is 0. The molecule has 3 heteroatoms. The summed E-state index contributed by atoms with van der Waals surface area (Å²) in [6.45, 7) is 10.7. The van der Waals surface area contributed by atoms with Crippen LogP contribution in [0.2, 0.25) is 5.82 Å². The van der Waals surface area contributed by atoms with Gasteiger partial charge in [0.1, 0.15) is 0 Å². The van der Waals surface area contributed by atoms with Crippen molar-refractivity contribution in [1.82, 2.24) is 0 Å². The van der Waals surface area contributed by atoms with Crippen LogP contribution in [0.5, 0.6) is 0 Å². The Hall–Kier alpha value is -1.84. The highest BCUT2D eigenvalue weighted by molar-refractivity contribution is 6.49. The highest BCUT2D eigenvalue weighted by atomic mass is 16.7. The largest absolute Gasteiger partial charge is 0.465 e. The van der Waals surface area contributed by atoms with Crippen molar-refractivity contribution >= 4 is 19.3 Å². The van der Waals surface area contributed by atoms with E-state index in [9.17, 15) is 0 Å². The topological polar surface area (TPSA) is 18.5 Å². The van der Waals surface area contributed by atoms with Crippen LogP contribution in [0.4, 0.5) is 0 Å². The standard InChI is InChI=1S/C23H27BO2/c1-16-13-20-14-18(17-9-7-6-8-10-17)11-12-19(20)15-21(16)24-25-22(2,3)23(4,5)26-24/h6-16,21H,1-5H3. The van der Waals surface area contributed by atoms with Crippen molar-refractivity contribution in [3.63, 3.8) is 0 Å². The van der Waals surface area contributed by atoms with Gasteiger partial charge in [-0.25, -0.2) is 0 Å². The number of fused-ring (bicyclic) bond motifs is 1. The van der Waals surface area contributed by atoms with E-state index in [1.54, 1.807) is 0 Å². The van der Waals surface area contributed by atoms with Gasteiger partial charge in [-0.2, -0.15) is 0 Å². The molecule has 1 saturated heterocycles. The quantitative estimate of drug-likeness (QED) is 0.765. The first-order valence-corrected chi connectivity index (χ1v) is 9.52.